The van der Waals surface area contributed by atoms with Crippen molar-refractivity contribution in [3.8, 4) is 0 Å². The molecule has 2 amide bonds. The Balaban J connectivity index is 1.40. The third-order valence-electron chi connectivity index (χ3n) is 6.50. The van der Waals surface area contributed by atoms with Gasteiger partial charge in [0.25, 0.3) is 11.8 Å². The molecule has 3 aliphatic heterocycles. The Kier molecular flexibility index (Phi) is 5.22. The van der Waals surface area contributed by atoms with Gasteiger partial charge >= 0.3 is 0 Å². The summed E-state index contributed by atoms with van der Waals surface area (Å²) in [6.45, 7) is 7.29. The molecule has 1 saturated heterocycles. The molecule has 0 unspecified atom stereocenters. The zero-order valence-corrected chi connectivity index (χ0v) is 18.0. The predicted octanol–water partition coefficient (Wildman–Crippen LogP) is 1.87. The van der Waals surface area contributed by atoms with Gasteiger partial charge in [0.05, 0.1) is 35.7 Å². The van der Waals surface area contributed by atoms with Gasteiger partial charge in [-0.1, -0.05) is 0 Å². The number of H-pyrrole nitrogens is 1. The minimum Gasteiger partial charge on any atom is -0.396 e. The van der Waals surface area contributed by atoms with Crippen LogP contribution < -0.4 is 11.1 Å². The van der Waals surface area contributed by atoms with Crippen LogP contribution in [0.25, 0.3) is 11.6 Å². The predicted molar refractivity (Wildman–Crippen MR) is 120 cm³/mol. The minimum absolute atomic E-state index is 0.00741. The first-order valence-corrected chi connectivity index (χ1v) is 10.9. The van der Waals surface area contributed by atoms with E-state index in [1.54, 1.807) is 6.08 Å². The number of fused-ring (bicyclic) bond motifs is 2. The van der Waals surface area contributed by atoms with E-state index in [0.717, 1.165) is 50.5 Å². The fourth-order valence-corrected chi connectivity index (χ4v) is 4.62. The number of hydrogen-bond acceptors (Lipinski definition) is 5. The molecule has 1 fully saturated rings. The standard InChI is InChI=1S/C23H26FN5O3/c1-13-19(11-15-14-10-16(24)17(25)12-20(14)27-22(15)30)26-18-2-3-29(23(31)21(13)18)5-4-28-6-8-32-9-7-28/h10-12,26H,2-9,25H2,1H3,(H,27,30)/b15-11-. The summed E-state index contributed by atoms with van der Waals surface area (Å²) in [5.41, 5.74) is 9.94. The molecule has 5 rings (SSSR count). The number of amides is 2. The van der Waals surface area contributed by atoms with Gasteiger partial charge in [-0.2, -0.15) is 0 Å². The van der Waals surface area contributed by atoms with E-state index >= 15 is 0 Å². The van der Waals surface area contributed by atoms with E-state index in [9.17, 15) is 14.0 Å². The largest absolute Gasteiger partial charge is 0.396 e. The number of hydrogen-bond donors (Lipinski definition) is 3. The van der Waals surface area contributed by atoms with Gasteiger partial charge in [-0.15, -0.1) is 0 Å². The highest BCUT2D eigenvalue weighted by Gasteiger charge is 2.31. The third kappa shape index (κ3) is 3.57. The first kappa shape index (κ1) is 20.7. The maximum atomic E-state index is 14.0. The molecule has 1 aromatic heterocycles. The van der Waals surface area contributed by atoms with Crippen molar-refractivity contribution in [1.82, 2.24) is 14.8 Å². The smallest absolute Gasteiger partial charge is 0.256 e. The zero-order valence-electron chi connectivity index (χ0n) is 18.0. The molecule has 4 N–H and O–H groups in total. The molecular weight excluding hydrogens is 413 g/mol. The third-order valence-corrected chi connectivity index (χ3v) is 6.50. The van der Waals surface area contributed by atoms with Crippen LogP contribution in [0.5, 0.6) is 0 Å². The van der Waals surface area contributed by atoms with Crippen LogP contribution >= 0.6 is 0 Å². The average Bonchev–Trinajstić information content (AvgIpc) is 3.25. The summed E-state index contributed by atoms with van der Waals surface area (Å²) < 4.78 is 19.4. The molecule has 32 heavy (non-hydrogen) atoms. The van der Waals surface area contributed by atoms with Gasteiger partial charge in [-0.25, -0.2) is 4.39 Å². The van der Waals surface area contributed by atoms with Gasteiger partial charge in [-0.05, 0) is 30.7 Å². The summed E-state index contributed by atoms with van der Waals surface area (Å²) in [5, 5.41) is 2.72. The Bertz CT molecular complexity index is 1130. The van der Waals surface area contributed by atoms with E-state index in [-0.39, 0.29) is 17.5 Å². The molecule has 168 valence electrons. The van der Waals surface area contributed by atoms with Gasteiger partial charge in [0.15, 0.2) is 0 Å². The Morgan fingerprint density at radius 3 is 2.75 bits per heavy atom. The second-order valence-corrected chi connectivity index (χ2v) is 8.44. The SMILES string of the molecule is Cc1c(/C=C2\C(=O)Nc3cc(N)c(F)cc32)[nH]c2c1C(=O)N(CCN1CCOCC1)CC2. The number of anilines is 2. The number of aromatic nitrogens is 1. The highest BCUT2D eigenvalue weighted by atomic mass is 19.1. The number of ether oxygens (including phenoxy) is 1. The lowest BCUT2D eigenvalue weighted by Crippen LogP contribution is -2.45. The molecule has 3 aliphatic rings. The van der Waals surface area contributed by atoms with E-state index in [2.05, 4.69) is 15.2 Å². The summed E-state index contributed by atoms with van der Waals surface area (Å²) in [5.74, 6) is -0.886. The number of nitrogens with one attached hydrogen (secondary N) is 2. The number of carbonyl (C=O) groups excluding carboxylic acids is 2. The lowest BCUT2D eigenvalue weighted by molar-refractivity contribution is -0.110. The molecule has 0 bridgehead atoms. The van der Waals surface area contributed by atoms with Crippen molar-refractivity contribution in [2.45, 2.75) is 13.3 Å². The van der Waals surface area contributed by atoms with Gasteiger partial charge in [0.1, 0.15) is 5.82 Å². The number of morpholine rings is 1. The molecule has 2 aromatic rings. The van der Waals surface area contributed by atoms with Gasteiger partial charge in [0, 0.05) is 56.1 Å². The average molecular weight is 439 g/mol. The second-order valence-electron chi connectivity index (χ2n) is 8.44. The van der Waals surface area contributed by atoms with Gasteiger partial charge in [-0.3, -0.25) is 14.5 Å². The van der Waals surface area contributed by atoms with Crippen LogP contribution in [0.3, 0.4) is 0 Å². The number of rotatable bonds is 4. The summed E-state index contributed by atoms with van der Waals surface area (Å²) in [4.78, 5) is 33.2. The number of nitrogens with two attached hydrogens (primary N) is 1. The molecule has 0 aliphatic carbocycles. The van der Waals surface area contributed by atoms with Crippen molar-refractivity contribution in [3.63, 3.8) is 0 Å². The summed E-state index contributed by atoms with van der Waals surface area (Å²) >= 11 is 0. The lowest BCUT2D eigenvalue weighted by atomic mass is 10.0. The summed E-state index contributed by atoms with van der Waals surface area (Å²) in [6.07, 6.45) is 2.41. The van der Waals surface area contributed by atoms with Crippen molar-refractivity contribution in [2.75, 3.05) is 57.0 Å². The Hall–Kier alpha value is -3.17. The van der Waals surface area contributed by atoms with Crippen molar-refractivity contribution in [3.05, 3.63) is 46.0 Å². The number of benzene rings is 1. The molecule has 0 saturated carbocycles. The van der Waals surface area contributed by atoms with Crippen LogP contribution in [0.4, 0.5) is 15.8 Å². The number of halogens is 1. The molecular formula is C23H26FN5O3. The van der Waals surface area contributed by atoms with E-state index in [1.807, 2.05) is 11.8 Å². The molecule has 9 heteroatoms. The number of nitrogen functional groups attached to an aromatic ring is 1. The topological polar surface area (TPSA) is 104 Å². The van der Waals surface area contributed by atoms with Crippen molar-refractivity contribution in [2.24, 2.45) is 0 Å². The fourth-order valence-electron chi connectivity index (χ4n) is 4.62. The highest BCUT2D eigenvalue weighted by molar-refractivity contribution is 6.35. The summed E-state index contributed by atoms with van der Waals surface area (Å²) in [6, 6.07) is 2.69. The molecule has 8 nitrogen and oxygen atoms in total. The van der Waals surface area contributed by atoms with Crippen LogP contribution in [0, 0.1) is 12.7 Å². The summed E-state index contributed by atoms with van der Waals surface area (Å²) in [7, 11) is 0. The monoisotopic (exact) mass is 439 g/mol. The van der Waals surface area contributed by atoms with E-state index in [4.69, 9.17) is 10.5 Å². The minimum atomic E-state index is -0.570. The number of carbonyl (C=O) groups is 2. The number of aromatic amines is 1. The maximum absolute atomic E-state index is 14.0. The lowest BCUT2D eigenvalue weighted by Gasteiger charge is -2.32. The van der Waals surface area contributed by atoms with E-state index in [0.29, 0.717) is 41.2 Å². The molecule has 0 radical (unpaired) electrons. The Labute approximate surface area is 185 Å². The first-order valence-electron chi connectivity index (χ1n) is 10.9. The maximum Gasteiger partial charge on any atom is 0.256 e. The van der Waals surface area contributed by atoms with E-state index in [1.165, 1.54) is 12.1 Å². The van der Waals surface area contributed by atoms with Gasteiger partial charge < -0.3 is 25.7 Å². The molecule has 0 atom stereocenters. The Morgan fingerprint density at radius 2 is 1.97 bits per heavy atom. The quantitative estimate of drug-likeness (QED) is 0.499. The Morgan fingerprint density at radius 1 is 1.19 bits per heavy atom. The molecule has 1 aromatic carbocycles. The van der Waals surface area contributed by atoms with Crippen LogP contribution in [0.2, 0.25) is 0 Å². The van der Waals surface area contributed by atoms with Crippen molar-refractivity contribution in [1.29, 1.82) is 0 Å². The van der Waals surface area contributed by atoms with Crippen LogP contribution in [-0.4, -0.2) is 72.5 Å². The fraction of sp³-hybridized carbons (Fsp3) is 0.391. The van der Waals surface area contributed by atoms with Crippen LogP contribution in [0.1, 0.15) is 32.9 Å². The molecule has 0 spiro atoms. The zero-order chi connectivity index (χ0) is 22.4. The molecule has 4 heterocycles. The van der Waals surface area contributed by atoms with Crippen molar-refractivity contribution < 1.29 is 18.7 Å². The normalized spacial score (nSPS) is 19.9. The highest BCUT2D eigenvalue weighted by Crippen LogP contribution is 2.36. The van der Waals surface area contributed by atoms with Crippen molar-refractivity contribution >= 4 is 34.8 Å². The first-order chi connectivity index (χ1) is 15.4. The van der Waals surface area contributed by atoms with Gasteiger partial charge in [0.2, 0.25) is 0 Å². The van der Waals surface area contributed by atoms with E-state index < -0.39 is 5.82 Å². The second kappa shape index (κ2) is 8.07. The number of nitrogens with zero attached hydrogens (tertiary/aromatic N) is 2. The van der Waals surface area contributed by atoms with Crippen LogP contribution in [0.15, 0.2) is 12.1 Å². The van der Waals surface area contributed by atoms with Crippen LogP contribution in [-0.2, 0) is 16.0 Å².